The second-order valence-electron chi connectivity index (χ2n) is 6.07. The van der Waals surface area contributed by atoms with Crippen molar-refractivity contribution in [3.63, 3.8) is 0 Å². The van der Waals surface area contributed by atoms with Crippen LogP contribution in [0.3, 0.4) is 0 Å². The standard InChI is InChI=1S/C18H24N2O3/c1-13(2)20-15(12-21)9-17(22)18(23)16(20)11-19(3)10-14-7-5-4-6-8-14/h4-9,13,21,23H,10-12H2,1-3H3. The van der Waals surface area contributed by atoms with Gasteiger partial charge in [-0.05, 0) is 26.5 Å². The molecule has 5 nitrogen and oxygen atoms in total. The number of aliphatic hydroxyl groups is 1. The van der Waals surface area contributed by atoms with E-state index >= 15 is 0 Å². The molecule has 0 aliphatic carbocycles. The molecule has 0 radical (unpaired) electrons. The molecule has 0 aliphatic rings. The molecule has 1 aromatic carbocycles. The largest absolute Gasteiger partial charge is 0.503 e. The minimum Gasteiger partial charge on any atom is -0.503 e. The van der Waals surface area contributed by atoms with E-state index in [1.165, 1.54) is 6.07 Å². The Labute approximate surface area is 136 Å². The van der Waals surface area contributed by atoms with Gasteiger partial charge in [-0.3, -0.25) is 9.69 Å². The van der Waals surface area contributed by atoms with Crippen molar-refractivity contribution in [2.24, 2.45) is 0 Å². The minimum absolute atomic E-state index is 0.0313. The second kappa shape index (κ2) is 7.44. The van der Waals surface area contributed by atoms with Gasteiger partial charge < -0.3 is 14.8 Å². The van der Waals surface area contributed by atoms with Crippen LogP contribution in [-0.4, -0.2) is 26.7 Å². The topological polar surface area (TPSA) is 65.7 Å². The van der Waals surface area contributed by atoms with Crippen molar-refractivity contribution >= 4 is 0 Å². The van der Waals surface area contributed by atoms with Crippen molar-refractivity contribution in [3.05, 3.63) is 63.6 Å². The van der Waals surface area contributed by atoms with Gasteiger partial charge in [0.05, 0.1) is 12.3 Å². The van der Waals surface area contributed by atoms with E-state index in [4.69, 9.17) is 0 Å². The maximum Gasteiger partial charge on any atom is 0.223 e. The van der Waals surface area contributed by atoms with E-state index in [-0.39, 0.29) is 18.4 Å². The number of aromatic hydroxyl groups is 1. The fraction of sp³-hybridized carbons (Fsp3) is 0.389. The molecule has 0 saturated carbocycles. The molecule has 0 unspecified atom stereocenters. The van der Waals surface area contributed by atoms with Crippen LogP contribution in [0.5, 0.6) is 5.75 Å². The Morgan fingerprint density at radius 2 is 1.83 bits per heavy atom. The summed E-state index contributed by atoms with van der Waals surface area (Å²) >= 11 is 0. The number of hydrogen-bond donors (Lipinski definition) is 2. The van der Waals surface area contributed by atoms with Crippen molar-refractivity contribution in [2.45, 2.75) is 39.6 Å². The first kappa shape index (κ1) is 17.2. The molecule has 2 rings (SSSR count). The van der Waals surface area contributed by atoms with Crippen LogP contribution in [0.15, 0.2) is 41.2 Å². The zero-order valence-corrected chi connectivity index (χ0v) is 13.9. The van der Waals surface area contributed by atoms with E-state index in [9.17, 15) is 15.0 Å². The molecule has 0 aliphatic heterocycles. The lowest BCUT2D eigenvalue weighted by molar-refractivity contribution is 0.256. The normalized spacial score (nSPS) is 11.4. The number of aromatic nitrogens is 1. The van der Waals surface area contributed by atoms with Gasteiger partial charge in [0.1, 0.15) is 0 Å². The van der Waals surface area contributed by atoms with Crippen LogP contribution in [0.2, 0.25) is 0 Å². The minimum atomic E-state index is -0.450. The summed E-state index contributed by atoms with van der Waals surface area (Å²) in [4.78, 5) is 14.0. The molecule has 0 saturated heterocycles. The van der Waals surface area contributed by atoms with Gasteiger partial charge in [0.2, 0.25) is 5.43 Å². The zero-order valence-electron chi connectivity index (χ0n) is 13.9. The monoisotopic (exact) mass is 316 g/mol. The lowest BCUT2D eigenvalue weighted by Crippen LogP contribution is -2.25. The predicted octanol–water partition coefficient (Wildman–Crippen LogP) is 2.26. The van der Waals surface area contributed by atoms with Gasteiger partial charge in [-0.25, -0.2) is 0 Å². The van der Waals surface area contributed by atoms with E-state index in [0.29, 0.717) is 24.5 Å². The predicted molar refractivity (Wildman–Crippen MR) is 90.3 cm³/mol. The summed E-state index contributed by atoms with van der Waals surface area (Å²) in [6.07, 6.45) is 0. The number of benzene rings is 1. The highest BCUT2D eigenvalue weighted by atomic mass is 16.3. The first-order valence-electron chi connectivity index (χ1n) is 7.73. The summed E-state index contributed by atoms with van der Waals surface area (Å²) in [5, 5.41) is 19.7. The average Bonchev–Trinajstić information content (AvgIpc) is 2.52. The summed E-state index contributed by atoms with van der Waals surface area (Å²) in [5.74, 6) is -0.240. The Morgan fingerprint density at radius 1 is 1.17 bits per heavy atom. The van der Waals surface area contributed by atoms with Gasteiger partial charge in [-0.15, -0.1) is 0 Å². The lowest BCUT2D eigenvalue weighted by Gasteiger charge is -2.25. The van der Waals surface area contributed by atoms with Crippen LogP contribution in [0.4, 0.5) is 0 Å². The summed E-state index contributed by atoms with van der Waals surface area (Å²) in [7, 11) is 1.94. The molecular weight excluding hydrogens is 292 g/mol. The van der Waals surface area contributed by atoms with Crippen LogP contribution in [0.25, 0.3) is 0 Å². The second-order valence-corrected chi connectivity index (χ2v) is 6.07. The van der Waals surface area contributed by atoms with Crippen LogP contribution < -0.4 is 5.43 Å². The SMILES string of the molecule is CC(C)n1c(CO)cc(=O)c(O)c1CN(C)Cc1ccccc1. The molecule has 0 fully saturated rings. The van der Waals surface area contributed by atoms with Crippen LogP contribution in [0, 0.1) is 0 Å². The van der Waals surface area contributed by atoms with Gasteiger partial charge in [0.15, 0.2) is 5.75 Å². The van der Waals surface area contributed by atoms with Gasteiger partial charge in [0, 0.05) is 30.9 Å². The Morgan fingerprint density at radius 3 is 2.39 bits per heavy atom. The third-order valence-electron chi connectivity index (χ3n) is 3.80. The summed E-state index contributed by atoms with van der Waals surface area (Å²) < 4.78 is 1.83. The fourth-order valence-corrected chi connectivity index (χ4v) is 2.84. The number of aliphatic hydroxyl groups excluding tert-OH is 1. The molecule has 2 aromatic rings. The van der Waals surface area contributed by atoms with E-state index in [1.807, 2.05) is 60.7 Å². The highest BCUT2D eigenvalue weighted by molar-refractivity contribution is 5.30. The molecule has 23 heavy (non-hydrogen) atoms. The molecule has 5 heteroatoms. The summed E-state index contributed by atoms with van der Waals surface area (Å²) in [5.41, 5.74) is 1.76. The summed E-state index contributed by atoms with van der Waals surface area (Å²) in [6, 6.07) is 11.3. The molecule has 1 heterocycles. The van der Waals surface area contributed by atoms with Crippen molar-refractivity contribution in [1.29, 1.82) is 0 Å². The fourth-order valence-electron chi connectivity index (χ4n) is 2.84. The van der Waals surface area contributed by atoms with Crippen LogP contribution in [-0.2, 0) is 19.7 Å². The number of pyridine rings is 1. The average molecular weight is 316 g/mol. The van der Waals surface area contributed by atoms with E-state index in [2.05, 4.69) is 0 Å². The smallest absolute Gasteiger partial charge is 0.223 e. The Bertz CT molecular complexity index is 708. The molecule has 0 spiro atoms. The van der Waals surface area contributed by atoms with Crippen LogP contribution >= 0.6 is 0 Å². The molecular formula is C18H24N2O3. The molecule has 124 valence electrons. The molecule has 1 aromatic heterocycles. The molecule has 0 amide bonds. The third-order valence-corrected chi connectivity index (χ3v) is 3.80. The molecule has 0 atom stereocenters. The van der Waals surface area contributed by atoms with Gasteiger partial charge >= 0.3 is 0 Å². The van der Waals surface area contributed by atoms with Crippen molar-refractivity contribution in [2.75, 3.05) is 7.05 Å². The Hall–Kier alpha value is -2.11. The highest BCUT2D eigenvalue weighted by Gasteiger charge is 2.18. The zero-order chi connectivity index (χ0) is 17.0. The van der Waals surface area contributed by atoms with E-state index < -0.39 is 5.43 Å². The molecule has 0 bridgehead atoms. The maximum atomic E-state index is 11.9. The number of hydrogen-bond acceptors (Lipinski definition) is 4. The summed E-state index contributed by atoms with van der Waals surface area (Å²) in [6.45, 7) is 4.81. The van der Waals surface area contributed by atoms with Crippen molar-refractivity contribution in [1.82, 2.24) is 9.47 Å². The van der Waals surface area contributed by atoms with Crippen molar-refractivity contribution < 1.29 is 10.2 Å². The maximum absolute atomic E-state index is 11.9. The van der Waals surface area contributed by atoms with E-state index in [1.54, 1.807) is 0 Å². The first-order valence-corrected chi connectivity index (χ1v) is 7.73. The highest BCUT2D eigenvalue weighted by Crippen LogP contribution is 2.22. The Kier molecular flexibility index (Phi) is 5.58. The quantitative estimate of drug-likeness (QED) is 0.858. The third kappa shape index (κ3) is 4.00. The number of nitrogens with zero attached hydrogens (tertiary/aromatic N) is 2. The lowest BCUT2D eigenvalue weighted by atomic mass is 10.1. The molecule has 2 N–H and O–H groups in total. The Balaban J connectivity index is 2.34. The number of rotatable bonds is 6. The van der Waals surface area contributed by atoms with Gasteiger partial charge in [0.25, 0.3) is 0 Å². The van der Waals surface area contributed by atoms with E-state index in [0.717, 1.165) is 5.56 Å². The van der Waals surface area contributed by atoms with Gasteiger partial charge in [-0.2, -0.15) is 0 Å². The first-order chi connectivity index (χ1) is 10.9. The van der Waals surface area contributed by atoms with Gasteiger partial charge in [-0.1, -0.05) is 30.3 Å². The van der Waals surface area contributed by atoms with Crippen LogP contribution in [0.1, 0.15) is 36.8 Å². The van der Waals surface area contributed by atoms with Crippen molar-refractivity contribution in [3.8, 4) is 5.75 Å².